The van der Waals surface area contributed by atoms with Crippen molar-refractivity contribution >= 4 is 23.3 Å². The molecule has 1 amide bonds. The molecule has 1 aliphatic heterocycles. The topological polar surface area (TPSA) is 49.9 Å². The molecule has 178 valence electrons. The van der Waals surface area contributed by atoms with Crippen LogP contribution in [0.3, 0.4) is 0 Å². The number of aryl methyl sites for hydroxylation is 2. The van der Waals surface area contributed by atoms with Crippen molar-refractivity contribution in [1.29, 1.82) is 0 Å². The summed E-state index contributed by atoms with van der Waals surface area (Å²) in [4.78, 5) is 28.9. The molecule has 0 bridgehead atoms. The van der Waals surface area contributed by atoms with Crippen LogP contribution in [0, 0.1) is 25.1 Å². The van der Waals surface area contributed by atoms with Crippen LogP contribution in [0.15, 0.2) is 30.3 Å². The first-order chi connectivity index (χ1) is 15.5. The standard InChI is InChI=1S/C27H35FN2O3/c1-7-25(32)33-17-30(24(31)15-27(4,5)6)26-18(2)12-23(13-19(26)3)29-11-10-20-14-22(28)9-8-21(20)16-29/h8-9,12-14H,7,10-11,15-17H2,1-6H3. The van der Waals surface area contributed by atoms with Crippen LogP contribution in [0.5, 0.6) is 0 Å². The predicted molar refractivity (Wildman–Crippen MR) is 130 cm³/mol. The summed E-state index contributed by atoms with van der Waals surface area (Å²) in [5.41, 5.74) is 5.76. The smallest absolute Gasteiger partial charge is 0.307 e. The van der Waals surface area contributed by atoms with Gasteiger partial charge in [0, 0.05) is 31.6 Å². The fraction of sp³-hybridized carbons (Fsp3) is 0.481. The highest BCUT2D eigenvalue weighted by molar-refractivity contribution is 5.95. The molecule has 0 spiro atoms. The molecular formula is C27H35FN2O3. The molecule has 1 heterocycles. The Balaban J connectivity index is 1.90. The second-order valence-corrected chi connectivity index (χ2v) is 10.1. The molecule has 0 radical (unpaired) electrons. The molecule has 33 heavy (non-hydrogen) atoms. The van der Waals surface area contributed by atoms with E-state index in [0.717, 1.165) is 46.6 Å². The van der Waals surface area contributed by atoms with Crippen LogP contribution in [0.1, 0.15) is 62.8 Å². The maximum Gasteiger partial charge on any atom is 0.307 e. The summed E-state index contributed by atoms with van der Waals surface area (Å²) < 4.78 is 18.9. The van der Waals surface area contributed by atoms with E-state index in [4.69, 9.17) is 4.74 Å². The minimum absolute atomic E-state index is 0.0701. The van der Waals surface area contributed by atoms with Crippen molar-refractivity contribution in [1.82, 2.24) is 0 Å². The zero-order valence-electron chi connectivity index (χ0n) is 20.6. The Hall–Kier alpha value is -2.89. The van der Waals surface area contributed by atoms with Crippen molar-refractivity contribution in [3.05, 3.63) is 58.4 Å². The van der Waals surface area contributed by atoms with Gasteiger partial charge in [0.2, 0.25) is 5.91 Å². The Morgan fingerprint density at radius 2 is 1.76 bits per heavy atom. The van der Waals surface area contributed by atoms with Crippen molar-refractivity contribution in [2.75, 3.05) is 23.1 Å². The van der Waals surface area contributed by atoms with Crippen LogP contribution in [-0.2, 0) is 27.3 Å². The number of amides is 1. The van der Waals surface area contributed by atoms with E-state index >= 15 is 0 Å². The molecule has 0 aliphatic carbocycles. The second-order valence-electron chi connectivity index (χ2n) is 10.1. The average Bonchev–Trinajstić information content (AvgIpc) is 2.73. The number of hydrogen-bond acceptors (Lipinski definition) is 4. The summed E-state index contributed by atoms with van der Waals surface area (Å²) in [6.45, 7) is 13.2. The third kappa shape index (κ3) is 6.12. The van der Waals surface area contributed by atoms with Crippen LogP contribution in [0.4, 0.5) is 15.8 Å². The Labute approximate surface area is 196 Å². The highest BCUT2D eigenvalue weighted by Crippen LogP contribution is 2.34. The van der Waals surface area contributed by atoms with E-state index in [2.05, 4.69) is 17.0 Å². The van der Waals surface area contributed by atoms with Gasteiger partial charge in [0.25, 0.3) is 0 Å². The maximum atomic E-state index is 13.6. The minimum Gasteiger partial charge on any atom is -0.444 e. The second kappa shape index (κ2) is 9.94. The summed E-state index contributed by atoms with van der Waals surface area (Å²) in [5.74, 6) is -0.597. The largest absolute Gasteiger partial charge is 0.444 e. The van der Waals surface area contributed by atoms with E-state index in [9.17, 15) is 14.0 Å². The SMILES string of the molecule is CCC(=O)OCN(C(=O)CC(C)(C)C)c1c(C)cc(N2CCc3cc(F)ccc3C2)cc1C. The Bertz CT molecular complexity index is 1020. The zero-order chi connectivity index (χ0) is 24.3. The van der Waals surface area contributed by atoms with Crippen molar-refractivity contribution < 1.29 is 18.7 Å². The molecule has 0 N–H and O–H groups in total. The summed E-state index contributed by atoms with van der Waals surface area (Å²) in [6, 6.07) is 9.16. The number of nitrogens with zero attached hydrogens (tertiary/aromatic N) is 2. The lowest BCUT2D eigenvalue weighted by Gasteiger charge is -2.33. The summed E-state index contributed by atoms with van der Waals surface area (Å²) in [6.07, 6.45) is 1.39. The number of fused-ring (bicyclic) bond motifs is 1. The van der Waals surface area contributed by atoms with Gasteiger partial charge in [-0.15, -0.1) is 0 Å². The van der Waals surface area contributed by atoms with E-state index in [1.165, 1.54) is 6.07 Å². The van der Waals surface area contributed by atoms with Crippen LogP contribution < -0.4 is 9.80 Å². The van der Waals surface area contributed by atoms with E-state index in [0.29, 0.717) is 13.0 Å². The number of ether oxygens (including phenoxy) is 1. The first-order valence-electron chi connectivity index (χ1n) is 11.6. The monoisotopic (exact) mass is 454 g/mol. The molecule has 3 rings (SSSR count). The van der Waals surface area contributed by atoms with E-state index in [1.54, 1.807) is 17.9 Å². The Morgan fingerprint density at radius 3 is 2.36 bits per heavy atom. The Kier molecular flexibility index (Phi) is 7.45. The number of benzene rings is 2. The van der Waals surface area contributed by atoms with Crippen LogP contribution in [0.2, 0.25) is 0 Å². The summed E-state index contributed by atoms with van der Waals surface area (Å²) >= 11 is 0. The van der Waals surface area contributed by atoms with Crippen molar-refractivity contribution in [3.8, 4) is 0 Å². The first-order valence-corrected chi connectivity index (χ1v) is 11.6. The van der Waals surface area contributed by atoms with Gasteiger partial charge in [-0.25, -0.2) is 4.39 Å². The maximum absolute atomic E-state index is 13.6. The number of carbonyl (C=O) groups is 2. The van der Waals surface area contributed by atoms with E-state index < -0.39 is 0 Å². The van der Waals surface area contributed by atoms with Gasteiger partial charge in [-0.3, -0.25) is 14.5 Å². The summed E-state index contributed by atoms with van der Waals surface area (Å²) in [5, 5.41) is 0. The van der Waals surface area contributed by atoms with E-state index in [-0.39, 0.29) is 36.3 Å². The first kappa shape index (κ1) is 24.7. The number of rotatable bonds is 6. The van der Waals surface area contributed by atoms with Gasteiger partial charge in [-0.2, -0.15) is 0 Å². The van der Waals surface area contributed by atoms with Gasteiger partial charge in [0.15, 0.2) is 6.73 Å². The minimum atomic E-state index is -0.334. The number of anilines is 2. The molecule has 1 aliphatic rings. The molecule has 0 unspecified atom stereocenters. The van der Waals surface area contributed by atoms with Crippen molar-refractivity contribution in [2.24, 2.45) is 5.41 Å². The van der Waals surface area contributed by atoms with Gasteiger partial charge in [-0.05, 0) is 72.2 Å². The quantitative estimate of drug-likeness (QED) is 0.416. The van der Waals surface area contributed by atoms with Gasteiger partial charge < -0.3 is 9.64 Å². The van der Waals surface area contributed by atoms with Gasteiger partial charge >= 0.3 is 5.97 Å². The fourth-order valence-electron chi connectivity index (χ4n) is 4.33. The molecule has 2 aromatic rings. The van der Waals surface area contributed by atoms with Gasteiger partial charge in [-0.1, -0.05) is 33.8 Å². The van der Waals surface area contributed by atoms with Gasteiger partial charge in [0.1, 0.15) is 5.82 Å². The van der Waals surface area contributed by atoms with Crippen molar-refractivity contribution in [3.63, 3.8) is 0 Å². The fourth-order valence-corrected chi connectivity index (χ4v) is 4.33. The molecular weight excluding hydrogens is 419 g/mol. The number of carbonyl (C=O) groups excluding carboxylic acids is 2. The molecule has 0 saturated carbocycles. The average molecular weight is 455 g/mol. The van der Waals surface area contributed by atoms with Crippen LogP contribution >= 0.6 is 0 Å². The number of halogens is 1. The lowest BCUT2D eigenvalue weighted by molar-refractivity contribution is -0.143. The Morgan fingerprint density at radius 1 is 1.09 bits per heavy atom. The number of hydrogen-bond donors (Lipinski definition) is 0. The summed E-state index contributed by atoms with van der Waals surface area (Å²) in [7, 11) is 0. The normalized spacial score (nSPS) is 13.5. The van der Waals surface area contributed by atoms with Crippen LogP contribution in [0.25, 0.3) is 0 Å². The molecule has 0 atom stereocenters. The highest BCUT2D eigenvalue weighted by Gasteiger charge is 2.27. The third-order valence-electron chi connectivity index (χ3n) is 5.92. The molecule has 0 aromatic heterocycles. The molecule has 5 nitrogen and oxygen atoms in total. The molecule has 6 heteroatoms. The number of esters is 1. The lowest BCUT2D eigenvalue weighted by atomic mass is 9.91. The zero-order valence-corrected chi connectivity index (χ0v) is 20.6. The van der Waals surface area contributed by atoms with Gasteiger partial charge in [0.05, 0.1) is 5.69 Å². The lowest BCUT2D eigenvalue weighted by Crippen LogP contribution is -2.37. The van der Waals surface area contributed by atoms with Crippen molar-refractivity contribution in [2.45, 2.75) is 67.3 Å². The highest BCUT2D eigenvalue weighted by atomic mass is 19.1. The molecule has 0 saturated heterocycles. The third-order valence-corrected chi connectivity index (χ3v) is 5.92. The predicted octanol–water partition coefficient (Wildman–Crippen LogP) is 5.69. The van der Waals surface area contributed by atoms with E-state index in [1.807, 2.05) is 40.7 Å². The van der Waals surface area contributed by atoms with Crippen LogP contribution in [-0.4, -0.2) is 25.2 Å². The molecule has 0 fully saturated rings. The molecule has 2 aromatic carbocycles.